The Balaban J connectivity index is 2.07. The number of halogens is 1. The second-order valence-electron chi connectivity index (χ2n) is 4.30. The van der Waals surface area contributed by atoms with Crippen molar-refractivity contribution in [2.45, 2.75) is 13.3 Å². The summed E-state index contributed by atoms with van der Waals surface area (Å²) >= 11 is 1.49. The molecule has 3 nitrogen and oxygen atoms in total. The molecule has 0 aliphatic rings. The smallest absolute Gasteiger partial charge is 0.194 e. The van der Waals surface area contributed by atoms with Gasteiger partial charge in [-0.2, -0.15) is 0 Å². The van der Waals surface area contributed by atoms with Crippen LogP contribution in [0.15, 0.2) is 30.5 Å². The Bertz CT molecular complexity index is 760. The molecule has 19 heavy (non-hydrogen) atoms. The van der Waals surface area contributed by atoms with E-state index in [9.17, 15) is 9.18 Å². The number of aromatic nitrogens is 2. The number of aryl methyl sites for hydroxylation is 1. The van der Waals surface area contributed by atoms with Crippen LogP contribution >= 0.6 is 11.3 Å². The van der Waals surface area contributed by atoms with Crippen LogP contribution in [0.5, 0.6) is 0 Å². The molecule has 0 fully saturated rings. The van der Waals surface area contributed by atoms with Crippen LogP contribution < -0.4 is 0 Å². The zero-order valence-corrected chi connectivity index (χ0v) is 11.1. The van der Waals surface area contributed by atoms with E-state index in [1.807, 2.05) is 17.4 Å². The van der Waals surface area contributed by atoms with Crippen LogP contribution in [0.4, 0.5) is 4.39 Å². The molecular formula is C14H11FN2OS. The third kappa shape index (κ3) is 1.96. The van der Waals surface area contributed by atoms with Crippen molar-refractivity contribution in [3.8, 4) is 0 Å². The number of nitrogens with zero attached hydrogens (tertiary/aromatic N) is 2. The number of thiazole rings is 1. The third-order valence-electron chi connectivity index (χ3n) is 3.14. The highest BCUT2D eigenvalue weighted by atomic mass is 32.1. The van der Waals surface area contributed by atoms with E-state index in [0.29, 0.717) is 17.7 Å². The van der Waals surface area contributed by atoms with Crippen molar-refractivity contribution in [2.24, 2.45) is 0 Å². The number of hydrogen-bond acceptors (Lipinski definition) is 3. The number of imidazole rings is 1. The molecule has 0 saturated heterocycles. The summed E-state index contributed by atoms with van der Waals surface area (Å²) < 4.78 is 15.5. The van der Waals surface area contributed by atoms with Gasteiger partial charge in [-0.25, -0.2) is 9.37 Å². The van der Waals surface area contributed by atoms with Crippen molar-refractivity contribution in [3.05, 3.63) is 58.1 Å². The van der Waals surface area contributed by atoms with Crippen molar-refractivity contribution in [2.75, 3.05) is 0 Å². The Morgan fingerprint density at radius 1 is 1.42 bits per heavy atom. The first-order valence-corrected chi connectivity index (χ1v) is 6.66. The highest BCUT2D eigenvalue weighted by Crippen LogP contribution is 2.26. The summed E-state index contributed by atoms with van der Waals surface area (Å²) in [7, 11) is 0. The lowest BCUT2D eigenvalue weighted by Gasteiger charge is -2.02. The van der Waals surface area contributed by atoms with Gasteiger partial charge in [-0.05, 0) is 18.6 Å². The van der Waals surface area contributed by atoms with E-state index in [-0.39, 0.29) is 5.82 Å². The minimum absolute atomic E-state index is 0.205. The molecule has 0 bridgehead atoms. The fraction of sp³-hybridized carbons (Fsp3) is 0.143. The van der Waals surface area contributed by atoms with Gasteiger partial charge in [0.15, 0.2) is 11.2 Å². The molecule has 3 aromatic rings. The summed E-state index contributed by atoms with van der Waals surface area (Å²) in [5.41, 5.74) is 2.13. The average molecular weight is 274 g/mol. The molecule has 0 radical (unpaired) electrons. The van der Waals surface area contributed by atoms with Gasteiger partial charge < -0.3 is 0 Å². The second kappa shape index (κ2) is 4.59. The van der Waals surface area contributed by atoms with Crippen LogP contribution in [0.25, 0.3) is 4.96 Å². The summed E-state index contributed by atoms with van der Waals surface area (Å²) in [6.45, 7) is 1.92. The number of fused-ring (bicyclic) bond motifs is 1. The molecule has 0 aliphatic heterocycles. The Kier molecular flexibility index (Phi) is 2.91. The van der Waals surface area contributed by atoms with Crippen LogP contribution in [-0.4, -0.2) is 15.7 Å². The summed E-state index contributed by atoms with van der Waals surface area (Å²) in [6.07, 6.45) is 2.86. The van der Waals surface area contributed by atoms with Gasteiger partial charge in [-0.3, -0.25) is 9.20 Å². The SMILES string of the molecule is Cc1c(Cc2ccccc2F)sc2ncc(C=O)n12. The zero-order valence-electron chi connectivity index (χ0n) is 10.3. The van der Waals surface area contributed by atoms with Crippen molar-refractivity contribution in [3.63, 3.8) is 0 Å². The van der Waals surface area contributed by atoms with Gasteiger partial charge >= 0.3 is 0 Å². The number of carbonyl (C=O) groups is 1. The Labute approximate surface area is 113 Å². The molecule has 2 aromatic heterocycles. The topological polar surface area (TPSA) is 34.4 Å². The molecule has 96 valence electrons. The van der Waals surface area contributed by atoms with E-state index in [0.717, 1.165) is 21.8 Å². The summed E-state index contributed by atoms with van der Waals surface area (Å²) in [5, 5.41) is 0. The van der Waals surface area contributed by atoms with Crippen LogP contribution in [0, 0.1) is 12.7 Å². The quantitative estimate of drug-likeness (QED) is 0.687. The summed E-state index contributed by atoms with van der Waals surface area (Å²) in [5.74, 6) is -0.205. The molecule has 3 rings (SSSR count). The fourth-order valence-electron chi connectivity index (χ4n) is 2.13. The second-order valence-corrected chi connectivity index (χ2v) is 5.36. The Morgan fingerprint density at radius 3 is 2.95 bits per heavy atom. The minimum Gasteiger partial charge on any atom is -0.296 e. The van der Waals surface area contributed by atoms with Crippen LogP contribution in [-0.2, 0) is 6.42 Å². The van der Waals surface area contributed by atoms with Gasteiger partial charge in [0.2, 0.25) is 0 Å². The lowest BCUT2D eigenvalue weighted by atomic mass is 10.1. The number of benzene rings is 1. The monoisotopic (exact) mass is 274 g/mol. The van der Waals surface area contributed by atoms with Gasteiger partial charge in [0.1, 0.15) is 11.5 Å². The first-order chi connectivity index (χ1) is 9.20. The molecule has 0 spiro atoms. The van der Waals surface area contributed by atoms with Gasteiger partial charge in [0, 0.05) is 17.0 Å². The molecule has 0 saturated carbocycles. The fourth-order valence-corrected chi connectivity index (χ4v) is 3.25. The molecule has 0 amide bonds. The number of rotatable bonds is 3. The zero-order chi connectivity index (χ0) is 13.4. The molecule has 0 atom stereocenters. The van der Waals surface area contributed by atoms with E-state index in [4.69, 9.17) is 0 Å². The molecule has 2 heterocycles. The predicted molar refractivity (Wildman–Crippen MR) is 72.4 cm³/mol. The van der Waals surface area contributed by atoms with Crippen molar-refractivity contribution in [1.82, 2.24) is 9.38 Å². The van der Waals surface area contributed by atoms with E-state index in [1.54, 1.807) is 18.3 Å². The van der Waals surface area contributed by atoms with Gasteiger partial charge in [-0.1, -0.05) is 18.2 Å². The molecule has 0 N–H and O–H groups in total. The van der Waals surface area contributed by atoms with Gasteiger partial charge in [-0.15, -0.1) is 11.3 Å². The lowest BCUT2D eigenvalue weighted by Crippen LogP contribution is -1.95. The highest BCUT2D eigenvalue weighted by Gasteiger charge is 2.14. The molecule has 5 heteroatoms. The predicted octanol–water partition coefficient (Wildman–Crippen LogP) is 3.25. The third-order valence-corrected chi connectivity index (χ3v) is 4.30. The molecular weight excluding hydrogens is 263 g/mol. The first-order valence-electron chi connectivity index (χ1n) is 5.85. The average Bonchev–Trinajstić information content (AvgIpc) is 2.94. The van der Waals surface area contributed by atoms with Crippen LogP contribution in [0.1, 0.15) is 26.6 Å². The minimum atomic E-state index is -0.205. The van der Waals surface area contributed by atoms with E-state index in [1.165, 1.54) is 17.4 Å². The van der Waals surface area contributed by atoms with Gasteiger partial charge in [0.25, 0.3) is 0 Å². The maximum atomic E-state index is 13.7. The number of hydrogen-bond donors (Lipinski definition) is 0. The van der Waals surface area contributed by atoms with Gasteiger partial charge in [0.05, 0.1) is 6.20 Å². The standard InChI is InChI=1S/C14H11FN2OS/c1-9-13(6-10-4-2-3-5-12(10)15)19-14-16-7-11(8-18)17(9)14/h2-5,7-8H,6H2,1H3. The largest absolute Gasteiger partial charge is 0.296 e. The van der Waals surface area contributed by atoms with E-state index in [2.05, 4.69) is 4.98 Å². The van der Waals surface area contributed by atoms with Crippen molar-refractivity contribution in [1.29, 1.82) is 0 Å². The molecule has 1 aromatic carbocycles. The highest BCUT2D eigenvalue weighted by molar-refractivity contribution is 7.17. The van der Waals surface area contributed by atoms with Crippen LogP contribution in [0.2, 0.25) is 0 Å². The maximum Gasteiger partial charge on any atom is 0.194 e. The molecule has 0 unspecified atom stereocenters. The maximum absolute atomic E-state index is 13.7. The molecule has 0 aliphatic carbocycles. The summed E-state index contributed by atoms with van der Waals surface area (Å²) in [6, 6.07) is 6.73. The summed E-state index contributed by atoms with van der Waals surface area (Å²) in [4.78, 5) is 16.9. The normalized spacial score (nSPS) is 11.1. The van der Waals surface area contributed by atoms with E-state index < -0.39 is 0 Å². The van der Waals surface area contributed by atoms with Crippen LogP contribution in [0.3, 0.4) is 0 Å². The lowest BCUT2D eigenvalue weighted by molar-refractivity contribution is 0.111. The first kappa shape index (κ1) is 12.0. The number of carbonyl (C=O) groups excluding carboxylic acids is 1. The van der Waals surface area contributed by atoms with Crippen molar-refractivity contribution < 1.29 is 9.18 Å². The van der Waals surface area contributed by atoms with E-state index >= 15 is 0 Å². The number of aldehydes is 1. The Hall–Kier alpha value is -2.01. The van der Waals surface area contributed by atoms with Crippen molar-refractivity contribution >= 4 is 22.6 Å². The Morgan fingerprint density at radius 2 is 2.21 bits per heavy atom.